The van der Waals surface area contributed by atoms with Crippen LogP contribution in [-0.4, -0.2) is 37.2 Å². The summed E-state index contributed by atoms with van der Waals surface area (Å²) in [5.41, 5.74) is 0. The molecule has 438 valence electrons. The summed E-state index contributed by atoms with van der Waals surface area (Å²) in [5, 5.41) is 0. The van der Waals surface area contributed by atoms with E-state index >= 15 is 0 Å². The zero-order valence-corrected chi connectivity index (χ0v) is 50.3. The van der Waals surface area contributed by atoms with Crippen molar-refractivity contribution in [1.82, 2.24) is 0 Å². The van der Waals surface area contributed by atoms with E-state index in [1.807, 2.05) is 0 Å². The Morgan fingerprint density at radius 2 is 0.493 bits per heavy atom. The quantitative estimate of drug-likeness (QED) is 0.0261. The molecule has 0 radical (unpaired) electrons. The molecule has 0 heterocycles. The lowest BCUT2D eigenvalue weighted by molar-refractivity contribution is -0.167. The molecule has 0 aliphatic heterocycles. The molecule has 0 aromatic rings. The summed E-state index contributed by atoms with van der Waals surface area (Å²) in [7, 11) is 0. The molecule has 0 aliphatic rings. The van der Waals surface area contributed by atoms with Gasteiger partial charge in [-0.15, -0.1) is 0 Å². The highest BCUT2D eigenvalue weighted by Crippen LogP contribution is 2.18. The number of hydrogen-bond acceptors (Lipinski definition) is 6. The van der Waals surface area contributed by atoms with Crippen molar-refractivity contribution >= 4 is 17.9 Å². The van der Waals surface area contributed by atoms with Crippen molar-refractivity contribution in [2.24, 2.45) is 0 Å². The molecule has 0 bridgehead atoms. The van der Waals surface area contributed by atoms with Crippen molar-refractivity contribution in [2.45, 2.75) is 361 Å². The summed E-state index contributed by atoms with van der Waals surface area (Å²) in [5.74, 6) is -0.863. The highest BCUT2D eigenvalue weighted by atomic mass is 16.6. The van der Waals surface area contributed by atoms with Crippen molar-refractivity contribution in [1.29, 1.82) is 0 Å². The maximum atomic E-state index is 12.9. The van der Waals surface area contributed by atoms with Gasteiger partial charge in [-0.2, -0.15) is 0 Å². The summed E-state index contributed by atoms with van der Waals surface area (Å²) in [6.45, 7) is 6.64. The fourth-order valence-electron chi connectivity index (χ4n) is 9.79. The van der Waals surface area contributed by atoms with Crippen LogP contribution in [0.15, 0.2) is 48.6 Å². The van der Waals surface area contributed by atoms with Crippen LogP contribution in [0.3, 0.4) is 0 Å². The van der Waals surface area contributed by atoms with Crippen LogP contribution >= 0.6 is 0 Å². The first kappa shape index (κ1) is 72.4. The van der Waals surface area contributed by atoms with Crippen molar-refractivity contribution in [3.05, 3.63) is 48.6 Å². The topological polar surface area (TPSA) is 78.9 Å². The van der Waals surface area contributed by atoms with Gasteiger partial charge >= 0.3 is 17.9 Å². The number of carbonyl (C=O) groups excluding carboxylic acids is 3. The molecule has 75 heavy (non-hydrogen) atoms. The van der Waals surface area contributed by atoms with Crippen LogP contribution < -0.4 is 0 Å². The fourth-order valence-corrected chi connectivity index (χ4v) is 9.79. The van der Waals surface area contributed by atoms with E-state index in [1.165, 1.54) is 238 Å². The zero-order valence-electron chi connectivity index (χ0n) is 50.3. The summed E-state index contributed by atoms with van der Waals surface area (Å²) < 4.78 is 16.9. The maximum absolute atomic E-state index is 12.9. The number of hydrogen-bond donors (Lipinski definition) is 0. The normalized spacial score (nSPS) is 12.3. The first-order chi connectivity index (χ1) is 37.0. The van der Waals surface area contributed by atoms with Gasteiger partial charge in [0, 0.05) is 19.3 Å². The fraction of sp³-hybridized carbons (Fsp3) is 0.841. The van der Waals surface area contributed by atoms with Gasteiger partial charge in [0.2, 0.25) is 0 Å². The Balaban J connectivity index is 4.21. The van der Waals surface area contributed by atoms with Gasteiger partial charge in [0.15, 0.2) is 6.10 Å². The molecule has 0 fully saturated rings. The Morgan fingerprint density at radius 3 is 0.800 bits per heavy atom. The molecule has 1 unspecified atom stereocenters. The number of rotatable bonds is 61. The first-order valence-corrected chi connectivity index (χ1v) is 33.1. The predicted molar refractivity (Wildman–Crippen MR) is 325 cm³/mol. The lowest BCUT2D eigenvalue weighted by Gasteiger charge is -2.18. The van der Waals surface area contributed by atoms with E-state index in [-0.39, 0.29) is 31.1 Å². The zero-order chi connectivity index (χ0) is 54.3. The third-order valence-corrected chi connectivity index (χ3v) is 14.8. The summed E-state index contributed by atoms with van der Waals surface area (Å²) in [6.07, 6.45) is 79.9. The van der Waals surface area contributed by atoms with E-state index in [2.05, 4.69) is 69.4 Å². The summed E-state index contributed by atoms with van der Waals surface area (Å²) in [4.78, 5) is 38.3. The second-order valence-corrected chi connectivity index (χ2v) is 22.4. The molecule has 0 amide bonds. The summed E-state index contributed by atoms with van der Waals surface area (Å²) >= 11 is 0. The molecule has 0 spiro atoms. The Labute approximate surface area is 467 Å². The van der Waals surface area contributed by atoms with Crippen LogP contribution in [0.1, 0.15) is 355 Å². The van der Waals surface area contributed by atoms with Crippen LogP contribution in [0.4, 0.5) is 0 Å². The minimum Gasteiger partial charge on any atom is -0.462 e. The Hall–Kier alpha value is -2.63. The van der Waals surface area contributed by atoms with E-state index in [4.69, 9.17) is 14.2 Å². The molecule has 6 nitrogen and oxygen atoms in total. The largest absolute Gasteiger partial charge is 0.462 e. The van der Waals surface area contributed by atoms with E-state index < -0.39 is 6.10 Å². The van der Waals surface area contributed by atoms with Crippen LogP contribution in [0.25, 0.3) is 0 Å². The Morgan fingerprint density at radius 1 is 0.267 bits per heavy atom. The van der Waals surface area contributed by atoms with Gasteiger partial charge in [-0.1, -0.05) is 307 Å². The van der Waals surface area contributed by atoms with Crippen LogP contribution in [0, 0.1) is 0 Å². The van der Waals surface area contributed by atoms with E-state index in [0.29, 0.717) is 19.3 Å². The standard InChI is InChI=1S/C69H126O6/c1-4-7-10-13-16-19-22-24-26-28-30-31-32-33-34-35-36-37-39-40-42-44-47-50-53-56-59-62-68(71)74-65-66(64-73-67(70)61-58-55-52-49-46-21-18-15-12-9-6-3)75-69(72)63-60-57-54-51-48-45-43-41-38-29-27-25-23-20-17-14-11-8-5-2/h15,18,22,24,28,30,32-33,66H,4-14,16-17,19-21,23,25-27,29,31,34-65H2,1-3H3/b18-15-,24-22-,30-28-,33-32-. The number of carbonyl (C=O) groups is 3. The van der Waals surface area contributed by atoms with E-state index in [9.17, 15) is 14.4 Å². The molecule has 0 aliphatic carbocycles. The average molecular weight is 1050 g/mol. The van der Waals surface area contributed by atoms with Gasteiger partial charge in [0.1, 0.15) is 13.2 Å². The molecule has 0 N–H and O–H groups in total. The van der Waals surface area contributed by atoms with Crippen LogP contribution in [0.2, 0.25) is 0 Å². The van der Waals surface area contributed by atoms with Gasteiger partial charge < -0.3 is 14.2 Å². The van der Waals surface area contributed by atoms with Gasteiger partial charge in [0.05, 0.1) is 0 Å². The number of esters is 3. The molecule has 1 atom stereocenters. The van der Waals surface area contributed by atoms with Gasteiger partial charge in [-0.3, -0.25) is 14.4 Å². The van der Waals surface area contributed by atoms with E-state index in [1.54, 1.807) is 0 Å². The molecular weight excluding hydrogens is 925 g/mol. The third-order valence-electron chi connectivity index (χ3n) is 14.8. The van der Waals surface area contributed by atoms with Crippen molar-refractivity contribution in [3.8, 4) is 0 Å². The average Bonchev–Trinajstić information content (AvgIpc) is 3.41. The predicted octanol–water partition coefficient (Wildman–Crippen LogP) is 22.6. The SMILES string of the molecule is CCCC/C=C\CCCCCCCC(=O)OCC(COC(=O)CCCCCCCCCCCCCC/C=C\C/C=C\C/C=C\CCCCCCC)OC(=O)CCCCCCCCCCCCCCCCCCCCC. The maximum Gasteiger partial charge on any atom is 0.306 e. The minimum atomic E-state index is -0.775. The molecule has 0 aromatic carbocycles. The summed E-state index contributed by atoms with van der Waals surface area (Å²) in [6, 6.07) is 0. The first-order valence-electron chi connectivity index (χ1n) is 33.1. The Bertz CT molecular complexity index is 1300. The van der Waals surface area contributed by atoms with Gasteiger partial charge in [0.25, 0.3) is 0 Å². The second kappa shape index (κ2) is 63.9. The van der Waals surface area contributed by atoms with Crippen molar-refractivity contribution in [3.63, 3.8) is 0 Å². The lowest BCUT2D eigenvalue weighted by Crippen LogP contribution is -2.30. The van der Waals surface area contributed by atoms with Gasteiger partial charge in [-0.25, -0.2) is 0 Å². The second-order valence-electron chi connectivity index (χ2n) is 22.4. The van der Waals surface area contributed by atoms with Crippen molar-refractivity contribution < 1.29 is 28.6 Å². The van der Waals surface area contributed by atoms with E-state index in [0.717, 1.165) is 77.0 Å². The lowest BCUT2D eigenvalue weighted by atomic mass is 10.0. The third kappa shape index (κ3) is 62.1. The minimum absolute atomic E-state index is 0.0728. The molecule has 0 saturated heterocycles. The molecule has 0 aromatic heterocycles. The smallest absolute Gasteiger partial charge is 0.306 e. The highest BCUT2D eigenvalue weighted by Gasteiger charge is 2.19. The highest BCUT2D eigenvalue weighted by molar-refractivity contribution is 5.71. The Kier molecular flexibility index (Phi) is 61.7. The number of allylic oxidation sites excluding steroid dienone is 8. The molecule has 0 saturated carbocycles. The van der Waals surface area contributed by atoms with Crippen LogP contribution in [0.5, 0.6) is 0 Å². The number of ether oxygens (including phenoxy) is 3. The molecule has 6 heteroatoms. The molecule has 0 rings (SSSR count). The molecular formula is C69H126O6. The number of unbranched alkanes of at least 4 members (excludes halogenated alkanes) is 42. The van der Waals surface area contributed by atoms with Crippen LogP contribution in [-0.2, 0) is 28.6 Å². The van der Waals surface area contributed by atoms with Crippen molar-refractivity contribution in [2.75, 3.05) is 13.2 Å². The monoisotopic (exact) mass is 1050 g/mol. The van der Waals surface area contributed by atoms with Gasteiger partial charge in [-0.05, 0) is 77.0 Å².